The third-order valence-electron chi connectivity index (χ3n) is 10.5. The first-order chi connectivity index (χ1) is 24.1. The summed E-state index contributed by atoms with van der Waals surface area (Å²) in [5.41, 5.74) is 2.81. The van der Waals surface area contributed by atoms with E-state index in [0.717, 1.165) is 24.8 Å². The van der Waals surface area contributed by atoms with Gasteiger partial charge in [0.05, 0.1) is 47.3 Å². The van der Waals surface area contributed by atoms with Crippen molar-refractivity contribution in [3.8, 4) is 29.1 Å². The van der Waals surface area contributed by atoms with Gasteiger partial charge in [0.25, 0.3) is 5.91 Å². The summed E-state index contributed by atoms with van der Waals surface area (Å²) in [4.78, 5) is 21.1. The normalized spacial score (nSPS) is 20.2. The Labute approximate surface area is 289 Å². The first-order valence-corrected chi connectivity index (χ1v) is 16.9. The number of likely N-dealkylation sites (tertiary alicyclic amines) is 2. The third-order valence-corrected chi connectivity index (χ3v) is 10.5. The number of carbonyl (C=O) groups excluding carboxylic acids is 1. The van der Waals surface area contributed by atoms with E-state index in [2.05, 4.69) is 30.7 Å². The van der Waals surface area contributed by atoms with Gasteiger partial charge in [0.2, 0.25) is 5.88 Å². The molecule has 11 heteroatoms. The van der Waals surface area contributed by atoms with Crippen molar-refractivity contribution in [1.82, 2.24) is 24.6 Å². The van der Waals surface area contributed by atoms with Crippen molar-refractivity contribution in [2.24, 2.45) is 0 Å². The van der Waals surface area contributed by atoms with Gasteiger partial charge >= 0.3 is 0 Å². The minimum Gasteiger partial charge on any atom is -0.472 e. The number of rotatable bonds is 7. The maximum Gasteiger partial charge on any atom is 0.282 e. The number of aryl methyl sites for hydroxylation is 1. The fraction of sp³-hybridized carbons (Fsp3) is 0.359. The zero-order valence-corrected chi connectivity index (χ0v) is 28.3. The molecule has 0 saturated carbocycles. The van der Waals surface area contributed by atoms with Crippen LogP contribution in [0.3, 0.4) is 0 Å². The fourth-order valence-electron chi connectivity index (χ4n) is 8.10. The van der Waals surface area contributed by atoms with Gasteiger partial charge in [0.1, 0.15) is 11.6 Å². The molecule has 2 saturated heterocycles. The Bertz CT molecular complexity index is 2260. The van der Waals surface area contributed by atoms with Crippen LogP contribution in [0.5, 0.6) is 5.88 Å². The number of carbonyl (C=O) groups is 1. The molecule has 7 rings (SSSR count). The van der Waals surface area contributed by atoms with Crippen molar-refractivity contribution in [3.05, 3.63) is 78.0 Å². The highest BCUT2D eigenvalue weighted by Gasteiger charge is 2.36. The molecule has 1 amide bonds. The molecule has 0 unspecified atom stereocenters. The number of hydrogen-bond acceptors (Lipinski definition) is 7. The van der Waals surface area contributed by atoms with Gasteiger partial charge in [-0.2, -0.15) is 15.6 Å². The molecular weight excluding hydrogens is 636 g/mol. The van der Waals surface area contributed by atoms with Crippen LogP contribution < -0.4 is 4.74 Å². The van der Waals surface area contributed by atoms with Crippen molar-refractivity contribution in [2.75, 3.05) is 20.1 Å². The molecule has 0 aliphatic carbocycles. The SMILES string of the molecule is C=C(F)C(=O)N1CC[C@H](n2ncc3c(O[C@@H](C)[C@@H]4CCCN4C)nc4c(F)c(-c5cccc6cccc(C#N)c56)c(C)cc4c32)C[C@H]1CC#N. The van der Waals surface area contributed by atoms with Gasteiger partial charge in [0.15, 0.2) is 11.6 Å². The number of hydrogen-bond donors (Lipinski definition) is 0. The Morgan fingerprint density at radius 2 is 1.94 bits per heavy atom. The van der Waals surface area contributed by atoms with Crippen molar-refractivity contribution >= 4 is 38.5 Å². The molecule has 0 N–H and O–H groups in total. The van der Waals surface area contributed by atoms with Gasteiger partial charge in [-0.1, -0.05) is 36.9 Å². The van der Waals surface area contributed by atoms with Gasteiger partial charge in [-0.15, -0.1) is 0 Å². The summed E-state index contributed by atoms with van der Waals surface area (Å²) in [5.74, 6) is -2.14. The molecule has 0 spiro atoms. The summed E-state index contributed by atoms with van der Waals surface area (Å²) in [5, 5.41) is 27.0. The smallest absolute Gasteiger partial charge is 0.282 e. The number of piperidine rings is 1. The number of benzene rings is 3. The van der Waals surface area contributed by atoms with Crippen LogP contribution in [0.2, 0.25) is 0 Å². The average Bonchev–Trinajstić information content (AvgIpc) is 3.75. The monoisotopic (exact) mass is 673 g/mol. The summed E-state index contributed by atoms with van der Waals surface area (Å²) in [6.45, 7) is 8.19. The quantitative estimate of drug-likeness (QED) is 0.164. The van der Waals surface area contributed by atoms with E-state index < -0.39 is 23.6 Å². The Kier molecular flexibility index (Phi) is 8.71. The van der Waals surface area contributed by atoms with E-state index in [1.54, 1.807) is 12.3 Å². The van der Waals surface area contributed by atoms with Gasteiger partial charge < -0.3 is 9.64 Å². The molecule has 0 bridgehead atoms. The second-order valence-corrected chi connectivity index (χ2v) is 13.5. The minimum atomic E-state index is -1.06. The number of nitrogens with zero attached hydrogens (tertiary/aromatic N) is 7. The van der Waals surface area contributed by atoms with E-state index in [1.165, 1.54) is 4.90 Å². The number of amides is 1. The van der Waals surface area contributed by atoms with Crippen LogP contribution in [-0.2, 0) is 4.79 Å². The third kappa shape index (κ3) is 5.52. The van der Waals surface area contributed by atoms with Gasteiger partial charge in [-0.3, -0.25) is 14.4 Å². The molecular formula is C39H37F2N7O2. The molecule has 4 atom stereocenters. The van der Waals surface area contributed by atoms with Gasteiger partial charge in [-0.05, 0) is 81.8 Å². The molecule has 3 aromatic carbocycles. The summed E-state index contributed by atoms with van der Waals surface area (Å²) in [6, 6.07) is 16.7. The number of aromatic nitrogens is 3. The topological polar surface area (TPSA) is 111 Å². The van der Waals surface area contributed by atoms with Crippen molar-refractivity contribution in [3.63, 3.8) is 0 Å². The van der Waals surface area contributed by atoms with E-state index in [0.29, 0.717) is 56.8 Å². The predicted octanol–water partition coefficient (Wildman–Crippen LogP) is 7.51. The lowest BCUT2D eigenvalue weighted by Gasteiger charge is -2.38. The van der Waals surface area contributed by atoms with E-state index in [-0.39, 0.29) is 42.5 Å². The number of fused-ring (bicyclic) bond motifs is 4. The van der Waals surface area contributed by atoms with Gasteiger partial charge in [-0.25, -0.2) is 13.8 Å². The Hall–Kier alpha value is -5.39. The van der Waals surface area contributed by atoms with E-state index in [9.17, 15) is 19.7 Å². The second kappa shape index (κ2) is 13.1. The fourth-order valence-corrected chi connectivity index (χ4v) is 8.10. The van der Waals surface area contributed by atoms with Crippen molar-refractivity contribution in [1.29, 1.82) is 10.5 Å². The zero-order chi connectivity index (χ0) is 35.3. The number of halogens is 2. The van der Waals surface area contributed by atoms with Crippen LogP contribution in [0.4, 0.5) is 8.78 Å². The Morgan fingerprint density at radius 3 is 2.64 bits per heavy atom. The first kappa shape index (κ1) is 33.1. The molecule has 2 aliphatic rings. The van der Waals surface area contributed by atoms with Crippen LogP contribution in [0.15, 0.2) is 61.1 Å². The highest BCUT2D eigenvalue weighted by atomic mass is 19.1. The van der Waals surface area contributed by atoms with Crippen molar-refractivity contribution < 1.29 is 18.3 Å². The number of nitriles is 2. The predicted molar refractivity (Wildman–Crippen MR) is 187 cm³/mol. The summed E-state index contributed by atoms with van der Waals surface area (Å²) >= 11 is 0. The first-order valence-electron chi connectivity index (χ1n) is 16.9. The summed E-state index contributed by atoms with van der Waals surface area (Å²) in [6.07, 6.45) is 4.27. The van der Waals surface area contributed by atoms with Crippen LogP contribution in [0, 0.1) is 35.4 Å². The van der Waals surface area contributed by atoms with Gasteiger partial charge in [0, 0.05) is 35.0 Å². The highest BCUT2D eigenvalue weighted by Crippen LogP contribution is 2.42. The molecule has 254 valence electrons. The van der Waals surface area contributed by atoms with Crippen molar-refractivity contribution in [2.45, 2.75) is 70.2 Å². The zero-order valence-electron chi connectivity index (χ0n) is 28.3. The largest absolute Gasteiger partial charge is 0.472 e. The number of ether oxygens (including phenoxy) is 1. The molecule has 2 aromatic heterocycles. The average molecular weight is 674 g/mol. The minimum absolute atomic E-state index is 0.0185. The lowest BCUT2D eigenvalue weighted by Crippen LogP contribution is -2.46. The summed E-state index contributed by atoms with van der Waals surface area (Å²) < 4.78 is 39.6. The Balaban J connectivity index is 1.43. The second-order valence-electron chi connectivity index (χ2n) is 13.5. The molecule has 2 aliphatic heterocycles. The lowest BCUT2D eigenvalue weighted by molar-refractivity contribution is -0.132. The molecule has 0 radical (unpaired) electrons. The van der Waals surface area contributed by atoms with Crippen LogP contribution in [-0.4, -0.2) is 68.8 Å². The maximum absolute atomic E-state index is 17.3. The lowest BCUT2D eigenvalue weighted by atomic mass is 9.90. The highest BCUT2D eigenvalue weighted by molar-refractivity contribution is 6.09. The molecule has 5 aromatic rings. The molecule has 9 nitrogen and oxygen atoms in total. The van der Waals surface area contributed by atoms with Crippen LogP contribution >= 0.6 is 0 Å². The van der Waals surface area contributed by atoms with Crippen LogP contribution in [0.25, 0.3) is 43.7 Å². The molecule has 2 fully saturated rings. The standard InChI is InChI=1S/C39H37F2N7O2/c1-22-18-30-36(35(41)33(22)29-11-6-9-25-8-5-10-26(20-43)34(25)29)45-38(50-24(3)32-12-7-16-46(32)4)31-21-44-48(37(30)31)28-14-17-47(39(49)23(2)40)27(19-28)13-15-42/h5-6,8-11,18,21,24,27-28,32H,2,7,12-14,16-17,19H2,1,3-4H3/t24-,27+,28-,32-/m0/s1. The maximum atomic E-state index is 17.3. The number of pyridine rings is 1. The Morgan fingerprint density at radius 1 is 1.16 bits per heavy atom. The van der Waals surface area contributed by atoms with E-state index in [4.69, 9.17) is 14.8 Å². The van der Waals surface area contributed by atoms with E-state index >= 15 is 4.39 Å². The molecule has 4 heterocycles. The number of likely N-dealkylation sites (N-methyl/N-ethyl adjacent to an activating group) is 1. The van der Waals surface area contributed by atoms with Crippen LogP contribution in [0.1, 0.15) is 56.2 Å². The summed E-state index contributed by atoms with van der Waals surface area (Å²) in [7, 11) is 2.07. The van der Waals surface area contributed by atoms with E-state index in [1.807, 2.05) is 54.9 Å². The molecule has 50 heavy (non-hydrogen) atoms.